The molecule has 0 aromatic rings. The average Bonchev–Trinajstić information content (AvgIpc) is 3.18. The Hall–Kier alpha value is -1.65. The van der Waals surface area contributed by atoms with Gasteiger partial charge in [-0.2, -0.15) is 0 Å². The maximum Gasteiger partial charge on any atom is 0.220 e. The van der Waals surface area contributed by atoms with Crippen LogP contribution in [-0.4, -0.2) is 34.9 Å². The molecule has 0 aliphatic rings. The summed E-state index contributed by atoms with van der Waals surface area (Å²) >= 11 is 0. The summed E-state index contributed by atoms with van der Waals surface area (Å²) in [6.45, 7) is 4.20. The van der Waals surface area contributed by atoms with Crippen LogP contribution in [0.15, 0.2) is 48.6 Å². The number of carbonyl (C=O) groups is 1. The molecule has 0 aliphatic carbocycles. The van der Waals surface area contributed by atoms with Crippen molar-refractivity contribution in [2.75, 3.05) is 6.61 Å². The predicted molar refractivity (Wildman–Crippen MR) is 239 cm³/mol. The molecule has 54 heavy (non-hydrogen) atoms. The lowest BCUT2D eigenvalue weighted by Gasteiger charge is -2.20. The second-order valence-electron chi connectivity index (χ2n) is 16.2. The molecule has 4 heteroatoms. The third kappa shape index (κ3) is 41.5. The summed E-state index contributed by atoms with van der Waals surface area (Å²) in [4.78, 5) is 12.3. The number of aliphatic hydroxyl groups excluding tert-OH is 2. The molecule has 0 rings (SSSR count). The molecule has 0 aromatic carbocycles. The summed E-state index contributed by atoms with van der Waals surface area (Å²) < 4.78 is 0. The number of amides is 1. The van der Waals surface area contributed by atoms with Crippen molar-refractivity contribution in [1.82, 2.24) is 5.32 Å². The number of rotatable bonds is 43. The minimum atomic E-state index is -0.833. The van der Waals surface area contributed by atoms with Crippen LogP contribution in [0.25, 0.3) is 0 Å². The van der Waals surface area contributed by atoms with Crippen molar-refractivity contribution in [2.24, 2.45) is 0 Å². The normalized spacial score (nSPS) is 13.3. The first-order valence-corrected chi connectivity index (χ1v) is 23.9. The molecule has 0 saturated carbocycles. The zero-order valence-electron chi connectivity index (χ0n) is 36.2. The average molecular weight is 756 g/mol. The van der Waals surface area contributed by atoms with E-state index in [2.05, 4.69) is 55.6 Å². The zero-order chi connectivity index (χ0) is 39.3. The minimum Gasteiger partial charge on any atom is -0.394 e. The highest BCUT2D eigenvalue weighted by molar-refractivity contribution is 5.76. The first kappa shape index (κ1) is 52.3. The fourth-order valence-corrected chi connectivity index (χ4v) is 7.13. The van der Waals surface area contributed by atoms with Crippen LogP contribution in [-0.2, 0) is 4.79 Å². The van der Waals surface area contributed by atoms with Crippen LogP contribution in [0.4, 0.5) is 0 Å². The molecule has 0 bridgehead atoms. The lowest BCUT2D eigenvalue weighted by atomic mass is 10.0. The van der Waals surface area contributed by atoms with E-state index in [0.717, 1.165) is 38.5 Å². The summed E-state index contributed by atoms with van der Waals surface area (Å²) in [7, 11) is 0. The predicted octanol–water partition coefficient (Wildman–Crippen LogP) is 15.1. The number of hydrogen-bond acceptors (Lipinski definition) is 3. The molecule has 0 radical (unpaired) electrons. The summed E-state index contributed by atoms with van der Waals surface area (Å²) in [5.74, 6) is -0.0695. The van der Waals surface area contributed by atoms with Gasteiger partial charge >= 0.3 is 0 Å². The number of allylic oxidation sites excluding steroid dienone is 7. The highest BCUT2D eigenvalue weighted by atomic mass is 16.3. The van der Waals surface area contributed by atoms with Crippen LogP contribution in [0.5, 0.6) is 0 Å². The molecule has 2 atom stereocenters. The van der Waals surface area contributed by atoms with Crippen molar-refractivity contribution in [3.05, 3.63) is 48.6 Å². The van der Waals surface area contributed by atoms with Crippen molar-refractivity contribution in [3.8, 4) is 0 Å². The monoisotopic (exact) mass is 756 g/mol. The van der Waals surface area contributed by atoms with Gasteiger partial charge in [0.2, 0.25) is 5.91 Å². The molecule has 0 fully saturated rings. The van der Waals surface area contributed by atoms with E-state index in [9.17, 15) is 15.0 Å². The zero-order valence-corrected chi connectivity index (χ0v) is 36.2. The summed E-state index contributed by atoms with van der Waals surface area (Å²) in [5.41, 5.74) is 0. The highest BCUT2D eigenvalue weighted by Crippen LogP contribution is 2.16. The molecule has 0 heterocycles. The molecular formula is C50H93NO3. The van der Waals surface area contributed by atoms with Crippen molar-refractivity contribution in [1.29, 1.82) is 0 Å². The van der Waals surface area contributed by atoms with Crippen molar-refractivity contribution in [2.45, 2.75) is 257 Å². The molecule has 0 aromatic heterocycles. The molecule has 4 nitrogen and oxygen atoms in total. The van der Waals surface area contributed by atoms with Gasteiger partial charge in [0.05, 0.1) is 18.8 Å². The number of nitrogens with one attached hydrogen (secondary N) is 1. The smallest absolute Gasteiger partial charge is 0.220 e. The third-order valence-electron chi connectivity index (χ3n) is 10.8. The van der Waals surface area contributed by atoms with Gasteiger partial charge in [0.25, 0.3) is 0 Å². The largest absolute Gasteiger partial charge is 0.394 e. The van der Waals surface area contributed by atoms with Gasteiger partial charge in [-0.25, -0.2) is 0 Å². The maximum absolute atomic E-state index is 12.3. The van der Waals surface area contributed by atoms with Gasteiger partial charge < -0.3 is 15.5 Å². The van der Waals surface area contributed by atoms with E-state index >= 15 is 0 Å². The van der Waals surface area contributed by atoms with E-state index in [1.165, 1.54) is 186 Å². The second-order valence-corrected chi connectivity index (χ2v) is 16.2. The van der Waals surface area contributed by atoms with E-state index in [1.807, 2.05) is 6.08 Å². The van der Waals surface area contributed by atoms with Crippen molar-refractivity contribution < 1.29 is 15.0 Å². The lowest BCUT2D eigenvalue weighted by Crippen LogP contribution is -2.45. The minimum absolute atomic E-state index is 0.0695. The fourth-order valence-electron chi connectivity index (χ4n) is 7.13. The third-order valence-corrected chi connectivity index (χ3v) is 10.8. The number of carbonyl (C=O) groups excluding carboxylic acids is 1. The Morgan fingerprint density at radius 2 is 0.759 bits per heavy atom. The lowest BCUT2D eigenvalue weighted by molar-refractivity contribution is -0.123. The molecule has 0 saturated heterocycles. The fraction of sp³-hybridized carbons (Fsp3) is 0.820. The van der Waals surface area contributed by atoms with Crippen LogP contribution in [0, 0.1) is 0 Å². The Labute approximate surface area is 337 Å². The summed E-state index contributed by atoms with van der Waals surface area (Å²) in [5, 5.41) is 22.6. The van der Waals surface area contributed by atoms with E-state index < -0.39 is 12.1 Å². The molecular weight excluding hydrogens is 663 g/mol. The van der Waals surface area contributed by atoms with Gasteiger partial charge in [0.1, 0.15) is 0 Å². The Morgan fingerprint density at radius 1 is 0.444 bits per heavy atom. The van der Waals surface area contributed by atoms with Gasteiger partial charge in [-0.15, -0.1) is 0 Å². The number of aliphatic hydroxyl groups is 2. The highest BCUT2D eigenvalue weighted by Gasteiger charge is 2.17. The second kappa shape index (κ2) is 45.7. The van der Waals surface area contributed by atoms with Crippen molar-refractivity contribution in [3.63, 3.8) is 0 Å². The maximum atomic E-state index is 12.3. The molecule has 0 aliphatic heterocycles. The van der Waals surface area contributed by atoms with Crippen molar-refractivity contribution >= 4 is 5.91 Å². The number of unbranched alkanes of at least 4 members (excludes halogenated alkanes) is 30. The number of hydrogen-bond donors (Lipinski definition) is 3. The SMILES string of the molecule is CCCCC/C=C/C(O)C(CO)NC(=O)CCCCCCCCCCCCCCCCCCCCCCCC/C=C\C/C=C\C/C=C\CCCCCCC. The Morgan fingerprint density at radius 3 is 1.17 bits per heavy atom. The standard InChI is InChI=1S/C50H93NO3/c1-3-5-7-9-10-11-12-13-14-15-16-17-18-19-20-21-22-23-24-25-26-27-28-29-30-31-32-33-34-35-36-37-38-39-40-42-44-46-50(54)51-48(47-52)49(53)45-43-41-8-6-4-2/h12-13,15-16,18-19,43,45,48-49,52-53H,3-11,14,17,20-42,44,46-47H2,1-2H3,(H,51,54)/b13-12-,16-15-,19-18-,45-43+. The van der Waals surface area contributed by atoms with Crippen LogP contribution >= 0.6 is 0 Å². The topological polar surface area (TPSA) is 69.6 Å². The summed E-state index contributed by atoms with van der Waals surface area (Å²) in [6.07, 6.45) is 62.9. The molecule has 1 amide bonds. The van der Waals surface area contributed by atoms with Crippen LogP contribution in [0.1, 0.15) is 245 Å². The van der Waals surface area contributed by atoms with Gasteiger partial charge in [-0.05, 0) is 57.8 Å². The molecule has 0 spiro atoms. The van der Waals surface area contributed by atoms with Crippen LogP contribution in [0.3, 0.4) is 0 Å². The van der Waals surface area contributed by atoms with Gasteiger partial charge in [-0.1, -0.05) is 229 Å². The molecule has 3 N–H and O–H groups in total. The first-order valence-electron chi connectivity index (χ1n) is 23.9. The van der Waals surface area contributed by atoms with E-state index in [-0.39, 0.29) is 12.5 Å². The quantitative estimate of drug-likeness (QED) is 0.0429. The van der Waals surface area contributed by atoms with Crippen LogP contribution in [0.2, 0.25) is 0 Å². The summed E-state index contributed by atoms with van der Waals surface area (Å²) in [6, 6.07) is -0.616. The van der Waals surface area contributed by atoms with E-state index in [1.54, 1.807) is 6.08 Å². The first-order chi connectivity index (χ1) is 26.7. The van der Waals surface area contributed by atoms with Gasteiger partial charge in [-0.3, -0.25) is 4.79 Å². The van der Waals surface area contributed by atoms with Gasteiger partial charge in [0.15, 0.2) is 0 Å². The molecule has 2 unspecified atom stereocenters. The van der Waals surface area contributed by atoms with Crippen LogP contribution < -0.4 is 5.32 Å². The van der Waals surface area contributed by atoms with Gasteiger partial charge in [0, 0.05) is 6.42 Å². The van der Waals surface area contributed by atoms with E-state index in [4.69, 9.17) is 0 Å². The Balaban J connectivity index is 3.34. The molecule has 316 valence electrons. The Bertz CT molecular complexity index is 862. The Kier molecular flexibility index (Phi) is 44.3. The van der Waals surface area contributed by atoms with E-state index in [0.29, 0.717) is 6.42 Å².